The number of hydrogen-bond donors (Lipinski definition) is 8. The monoisotopic (exact) mass is 924 g/mol. The Morgan fingerprint density at radius 3 is 0.833 bits per heavy atom. The van der Waals surface area contributed by atoms with E-state index in [0.717, 1.165) is 78.5 Å². The Kier molecular flexibility index (Phi) is 26.5. The maximum Gasteiger partial charge on any atom is 0.103 e. The molecule has 2 aromatic carbocycles. The van der Waals surface area contributed by atoms with Crippen molar-refractivity contribution in [1.82, 2.24) is 21.3 Å². The third-order valence-electron chi connectivity index (χ3n) is 9.96. The van der Waals surface area contributed by atoms with E-state index in [0.29, 0.717) is 0 Å². The van der Waals surface area contributed by atoms with Crippen molar-refractivity contribution in [1.29, 1.82) is 0 Å². The lowest BCUT2D eigenvalue weighted by Gasteiger charge is -2.24. The van der Waals surface area contributed by atoms with Gasteiger partial charge in [-0.3, -0.25) is 0 Å². The first-order chi connectivity index (χ1) is 21.8. The van der Waals surface area contributed by atoms with Gasteiger partial charge in [0.1, 0.15) is 26.2 Å². The van der Waals surface area contributed by atoms with E-state index in [1.54, 1.807) is 19.6 Å². The van der Waals surface area contributed by atoms with Crippen LogP contribution in [0, 0.1) is 0 Å². The highest BCUT2D eigenvalue weighted by Gasteiger charge is 2.17. The first-order valence-corrected chi connectivity index (χ1v) is 18.1. The minimum absolute atomic E-state index is 0. The van der Waals surface area contributed by atoms with Gasteiger partial charge in [-0.1, -0.05) is 36.4 Å². The molecule has 0 spiro atoms. The van der Waals surface area contributed by atoms with Gasteiger partial charge in [-0.25, -0.2) is 0 Å². The molecule has 4 atom stereocenters. The van der Waals surface area contributed by atoms with E-state index < -0.39 is 0 Å². The summed E-state index contributed by atoms with van der Waals surface area (Å²) in [6.45, 7) is 23.2. The van der Waals surface area contributed by atoms with Gasteiger partial charge in [-0.05, 0) is 12.1 Å². The van der Waals surface area contributed by atoms with Crippen molar-refractivity contribution in [2.75, 3.05) is 105 Å². The van der Waals surface area contributed by atoms with E-state index in [2.05, 4.69) is 69.8 Å². The predicted molar refractivity (Wildman–Crippen MR) is 180 cm³/mol. The van der Waals surface area contributed by atoms with Crippen molar-refractivity contribution in [3.63, 3.8) is 0 Å². The minimum Gasteiger partial charge on any atom is -1.00 e. The molecule has 48 heavy (non-hydrogen) atoms. The van der Waals surface area contributed by atoms with E-state index in [1.165, 1.54) is 100 Å². The molecule has 8 nitrogen and oxygen atoms in total. The van der Waals surface area contributed by atoms with E-state index >= 15 is 0 Å². The molecule has 2 aromatic rings. The number of rotatable bonds is 0. The Labute approximate surface area is 334 Å². The van der Waals surface area contributed by atoms with E-state index in [-0.39, 0.29) is 67.9 Å². The average Bonchev–Trinajstić information content (AvgIpc) is 3.02. The number of benzene rings is 2. The van der Waals surface area contributed by atoms with Crippen LogP contribution in [-0.4, -0.2) is 105 Å². The van der Waals surface area contributed by atoms with Crippen molar-refractivity contribution in [2.45, 2.75) is 51.9 Å². The first kappa shape index (κ1) is 46.1. The highest BCUT2D eigenvalue weighted by Crippen LogP contribution is 2.05. The van der Waals surface area contributed by atoms with Crippen molar-refractivity contribution in [3.8, 4) is 0 Å². The van der Waals surface area contributed by atoms with Gasteiger partial charge in [0, 0.05) is 100 Å². The highest BCUT2D eigenvalue weighted by molar-refractivity contribution is 5.23. The Bertz CT molecular complexity index is 894. The molecule has 0 saturated carbocycles. The van der Waals surface area contributed by atoms with Gasteiger partial charge in [0.25, 0.3) is 0 Å². The fourth-order valence-corrected chi connectivity index (χ4v) is 7.48. The van der Waals surface area contributed by atoms with Crippen molar-refractivity contribution >= 4 is 0 Å². The first-order valence-electron chi connectivity index (χ1n) is 18.1. The summed E-state index contributed by atoms with van der Waals surface area (Å²) in [5.74, 6) is 0. The van der Waals surface area contributed by atoms with Crippen LogP contribution >= 0.6 is 0 Å². The third kappa shape index (κ3) is 18.0. The molecule has 0 aromatic heterocycles. The van der Waals surface area contributed by atoms with Crippen molar-refractivity contribution in [3.05, 3.63) is 70.8 Å². The van der Waals surface area contributed by atoms with Gasteiger partial charge in [-0.15, -0.1) is 0 Å². The lowest BCUT2D eigenvalue weighted by atomic mass is 10.1. The van der Waals surface area contributed by atoms with Crippen LogP contribution in [0.4, 0.5) is 0 Å². The summed E-state index contributed by atoms with van der Waals surface area (Å²) in [7, 11) is 0. The van der Waals surface area contributed by atoms with Crippen LogP contribution < -0.4 is 109 Å². The third-order valence-corrected chi connectivity index (χ3v) is 9.96. The molecule has 2 fully saturated rings. The standard InChI is InChI=1S/C36H60N8.4BrH/c1-7-33-27-34(8-1)30-42-20-4-12-40-18-26-44(22-6-14-38-16-24-42)32-36-10-2-9-35(28-36)31-43-21-5-13-37-15-23-41(29-33)19-3-11-39-17-25-43;;;;/h1-2,7-10,27-28,37-40H,3-6,11-26,29-32H2;4*1H. The fraction of sp³-hybridized carbons (Fsp3) is 0.667. The Balaban J connectivity index is 0.00000288. The van der Waals surface area contributed by atoms with E-state index in [4.69, 9.17) is 0 Å². The summed E-state index contributed by atoms with van der Waals surface area (Å²) in [5.41, 5.74) is 6.02. The molecule has 12 heteroatoms. The summed E-state index contributed by atoms with van der Waals surface area (Å²) in [5, 5.41) is 15.2. The number of halogens is 4. The van der Waals surface area contributed by atoms with Gasteiger partial charge in [0.2, 0.25) is 0 Å². The van der Waals surface area contributed by atoms with Gasteiger partial charge in [0.15, 0.2) is 0 Å². The molecule has 0 amide bonds. The smallest absolute Gasteiger partial charge is 0.103 e. The molecule has 6 aliphatic rings. The summed E-state index contributed by atoms with van der Waals surface area (Å²) >= 11 is 0. The molecule has 0 aliphatic carbocycles. The van der Waals surface area contributed by atoms with Crippen LogP contribution in [0.1, 0.15) is 47.9 Å². The molecular formula is C36H64Br4N8. The van der Waals surface area contributed by atoms with Gasteiger partial charge in [-0.2, -0.15) is 0 Å². The molecule has 6 heterocycles. The van der Waals surface area contributed by atoms with Crippen LogP contribution in [-0.2, 0) is 26.2 Å². The quantitative estimate of drug-likeness (QED) is 0.136. The Hall–Kier alpha value is 0.0400. The van der Waals surface area contributed by atoms with E-state index in [1.807, 2.05) is 0 Å². The zero-order chi connectivity index (χ0) is 30.1. The molecule has 8 bridgehead atoms. The summed E-state index contributed by atoms with van der Waals surface area (Å²) < 4.78 is 0. The molecule has 4 unspecified atom stereocenters. The fourth-order valence-electron chi connectivity index (χ4n) is 7.48. The van der Waals surface area contributed by atoms with Crippen LogP contribution in [0.15, 0.2) is 48.5 Å². The molecule has 2 saturated heterocycles. The summed E-state index contributed by atoms with van der Waals surface area (Å²) in [6, 6.07) is 19.1. The van der Waals surface area contributed by atoms with Crippen LogP contribution in [0.25, 0.3) is 0 Å². The van der Waals surface area contributed by atoms with Crippen LogP contribution in [0.2, 0.25) is 0 Å². The van der Waals surface area contributed by atoms with Crippen LogP contribution in [0.5, 0.6) is 0 Å². The van der Waals surface area contributed by atoms with Crippen LogP contribution in [0.3, 0.4) is 0 Å². The second-order valence-corrected chi connectivity index (χ2v) is 13.8. The lowest BCUT2D eigenvalue weighted by molar-refractivity contribution is -0.915. The van der Waals surface area contributed by atoms with Gasteiger partial charge in [0.05, 0.1) is 52.4 Å². The maximum atomic E-state index is 3.80. The predicted octanol–water partition coefficient (Wildman–Crippen LogP) is -15.1. The van der Waals surface area contributed by atoms with Gasteiger partial charge >= 0.3 is 0 Å². The van der Waals surface area contributed by atoms with Gasteiger partial charge < -0.3 is 109 Å². The second kappa shape index (κ2) is 27.7. The molecule has 6 aliphatic heterocycles. The lowest BCUT2D eigenvalue weighted by Crippen LogP contribution is -3.12. The number of quaternary nitrogens is 4. The Morgan fingerprint density at radius 1 is 0.333 bits per heavy atom. The van der Waals surface area contributed by atoms with Crippen molar-refractivity contribution in [2.24, 2.45) is 0 Å². The molecule has 8 N–H and O–H groups in total. The highest BCUT2D eigenvalue weighted by atomic mass is 79.9. The van der Waals surface area contributed by atoms with E-state index in [9.17, 15) is 0 Å². The summed E-state index contributed by atoms with van der Waals surface area (Å²) in [4.78, 5) is 6.85. The minimum atomic E-state index is 0. The molecule has 0 radical (unpaired) electrons. The molecular weight excluding hydrogens is 864 g/mol. The summed E-state index contributed by atoms with van der Waals surface area (Å²) in [6.07, 6.45) is 4.96. The zero-order valence-electron chi connectivity index (χ0n) is 29.1. The zero-order valence-corrected chi connectivity index (χ0v) is 35.4. The number of nitrogens with one attached hydrogen (secondary N) is 8. The number of hydrogen-bond acceptors (Lipinski definition) is 4. The molecule has 8 rings (SSSR count). The van der Waals surface area contributed by atoms with Crippen molar-refractivity contribution < 1.29 is 87.5 Å². The Morgan fingerprint density at radius 2 is 0.583 bits per heavy atom. The largest absolute Gasteiger partial charge is 1.00 e. The topological polar surface area (TPSA) is 65.9 Å². The maximum absolute atomic E-state index is 3.80. The SMILES string of the molecule is [Br-].[Br-].[Br-].[Br-].c1cc2cc(c1)C[NH+]1CCCNCC[NH+](CCCNCC1)Cc1cccc(c1)C[NH+]1CCCNCC[NH+](CCCNCC1)C2. The average molecular weight is 929 g/mol. The molecule has 276 valence electrons. The normalized spacial score (nSPS) is 25.8. The second-order valence-electron chi connectivity index (χ2n) is 13.8.